The Morgan fingerprint density at radius 3 is 2.88 bits per heavy atom. The number of benzene rings is 1. The van der Waals surface area contributed by atoms with Gasteiger partial charge in [0.05, 0.1) is 24.5 Å². The van der Waals surface area contributed by atoms with Crippen LogP contribution in [0.5, 0.6) is 0 Å². The molecule has 0 bridgehead atoms. The number of rotatable bonds is 4. The maximum absolute atomic E-state index is 14.5. The summed E-state index contributed by atoms with van der Waals surface area (Å²) >= 11 is 6.75. The number of hydrogen-bond acceptors (Lipinski definition) is 6. The Hall–Kier alpha value is -1.78. The molecule has 4 N–H and O–H groups in total. The summed E-state index contributed by atoms with van der Waals surface area (Å²) in [6, 6.07) is 4.87. The molecule has 0 aromatic heterocycles. The van der Waals surface area contributed by atoms with Gasteiger partial charge in [-0.2, -0.15) is 11.8 Å². The number of carbonyl (C=O) groups is 1. The molecule has 2 aliphatic heterocycles. The number of ether oxygens (including phenoxy) is 1. The van der Waals surface area contributed by atoms with E-state index in [2.05, 4.69) is 10.7 Å². The molecule has 25 heavy (non-hydrogen) atoms. The lowest BCUT2D eigenvalue weighted by molar-refractivity contribution is 0.143. The monoisotopic (exact) mass is 385 g/mol. The standard InChI is InChI=1S/C15H20FN5O2S2/c16-12-7-10(1-2-13(12)20-3-5-25-6-4-20)21-9-11(23-15(21)22)8-18-14(24)19-17/h1-2,7,11H,3-6,8-9,17H2,(H2,18,19,24)/t11-/m0/s1. The van der Waals surface area contributed by atoms with Crippen LogP contribution in [-0.2, 0) is 4.74 Å². The second-order valence-electron chi connectivity index (χ2n) is 5.71. The van der Waals surface area contributed by atoms with E-state index in [-0.39, 0.29) is 17.0 Å². The average molecular weight is 385 g/mol. The van der Waals surface area contributed by atoms with Gasteiger partial charge in [-0.15, -0.1) is 0 Å². The van der Waals surface area contributed by atoms with Gasteiger partial charge in [0.2, 0.25) is 0 Å². The number of anilines is 2. The Morgan fingerprint density at radius 1 is 1.44 bits per heavy atom. The van der Waals surface area contributed by atoms with Crippen LogP contribution in [0.15, 0.2) is 18.2 Å². The number of amides is 1. The first-order chi connectivity index (χ1) is 12.1. The molecular formula is C15H20FN5O2S2. The minimum atomic E-state index is -0.500. The summed E-state index contributed by atoms with van der Waals surface area (Å²) in [5.41, 5.74) is 3.36. The molecular weight excluding hydrogens is 365 g/mol. The normalized spacial score (nSPS) is 20.4. The van der Waals surface area contributed by atoms with E-state index < -0.39 is 6.09 Å². The van der Waals surface area contributed by atoms with Gasteiger partial charge in [-0.1, -0.05) is 0 Å². The minimum Gasteiger partial charge on any atom is -0.442 e. The van der Waals surface area contributed by atoms with Crippen molar-refractivity contribution in [1.29, 1.82) is 0 Å². The van der Waals surface area contributed by atoms with Crippen molar-refractivity contribution in [2.45, 2.75) is 6.10 Å². The van der Waals surface area contributed by atoms with Crippen molar-refractivity contribution >= 4 is 46.6 Å². The molecule has 2 heterocycles. The first-order valence-electron chi connectivity index (χ1n) is 7.93. The number of cyclic esters (lactones) is 1. The zero-order valence-corrected chi connectivity index (χ0v) is 15.2. The molecule has 7 nitrogen and oxygen atoms in total. The van der Waals surface area contributed by atoms with E-state index in [1.165, 1.54) is 11.0 Å². The Labute approximate surface area is 155 Å². The highest BCUT2D eigenvalue weighted by molar-refractivity contribution is 7.99. The molecule has 2 saturated heterocycles. The Balaban J connectivity index is 1.66. The molecule has 136 valence electrons. The van der Waals surface area contributed by atoms with Crippen molar-refractivity contribution in [2.75, 3.05) is 47.5 Å². The third-order valence-corrected chi connectivity index (χ3v) is 5.29. The molecule has 0 aliphatic carbocycles. The molecule has 10 heteroatoms. The van der Waals surface area contributed by atoms with Crippen LogP contribution < -0.4 is 26.4 Å². The van der Waals surface area contributed by atoms with Crippen molar-refractivity contribution in [2.24, 2.45) is 5.84 Å². The summed E-state index contributed by atoms with van der Waals surface area (Å²) in [5.74, 6) is 6.84. The molecule has 1 aromatic rings. The van der Waals surface area contributed by atoms with Crippen molar-refractivity contribution < 1.29 is 13.9 Å². The molecule has 0 saturated carbocycles. The Morgan fingerprint density at radius 2 is 2.20 bits per heavy atom. The number of nitrogens with zero attached hydrogens (tertiary/aromatic N) is 2. The highest BCUT2D eigenvalue weighted by atomic mass is 32.2. The van der Waals surface area contributed by atoms with Crippen LogP contribution in [0.3, 0.4) is 0 Å². The Kier molecular flexibility index (Phi) is 5.82. The molecule has 1 amide bonds. The topological polar surface area (TPSA) is 82.9 Å². The smallest absolute Gasteiger partial charge is 0.414 e. The number of hydrazine groups is 1. The molecule has 2 fully saturated rings. The second-order valence-corrected chi connectivity index (χ2v) is 7.34. The van der Waals surface area contributed by atoms with E-state index >= 15 is 0 Å². The fraction of sp³-hybridized carbons (Fsp3) is 0.467. The van der Waals surface area contributed by atoms with Gasteiger partial charge in [0.15, 0.2) is 5.11 Å². The predicted molar refractivity (Wildman–Crippen MR) is 101 cm³/mol. The molecule has 1 atom stereocenters. The van der Waals surface area contributed by atoms with Gasteiger partial charge in [-0.3, -0.25) is 4.90 Å². The van der Waals surface area contributed by atoms with Gasteiger partial charge in [-0.05, 0) is 30.4 Å². The number of thioether (sulfide) groups is 1. The third kappa shape index (κ3) is 4.25. The second kappa shape index (κ2) is 8.07. The molecule has 0 radical (unpaired) electrons. The number of nitrogens with one attached hydrogen (secondary N) is 2. The number of halogens is 1. The lowest BCUT2D eigenvalue weighted by Crippen LogP contribution is -2.43. The van der Waals surface area contributed by atoms with Crippen LogP contribution in [0.25, 0.3) is 0 Å². The minimum absolute atomic E-state index is 0.268. The number of thiocarbonyl (C=S) groups is 1. The summed E-state index contributed by atoms with van der Waals surface area (Å²) < 4.78 is 19.8. The van der Waals surface area contributed by atoms with E-state index in [1.807, 2.05) is 16.7 Å². The summed E-state index contributed by atoms with van der Waals surface area (Å²) in [7, 11) is 0. The Bertz CT molecular complexity index is 657. The quantitative estimate of drug-likeness (QED) is 0.403. The summed E-state index contributed by atoms with van der Waals surface area (Å²) in [4.78, 5) is 15.5. The predicted octanol–water partition coefficient (Wildman–Crippen LogP) is 1.04. The molecule has 1 aromatic carbocycles. The van der Waals surface area contributed by atoms with Crippen LogP contribution in [0.4, 0.5) is 20.6 Å². The summed E-state index contributed by atoms with van der Waals surface area (Å²) in [5, 5.41) is 3.11. The van der Waals surface area contributed by atoms with Crippen molar-refractivity contribution in [3.63, 3.8) is 0 Å². The fourth-order valence-electron chi connectivity index (χ4n) is 2.82. The van der Waals surface area contributed by atoms with Gasteiger partial charge in [0.25, 0.3) is 0 Å². The van der Waals surface area contributed by atoms with Gasteiger partial charge in [0.1, 0.15) is 11.9 Å². The van der Waals surface area contributed by atoms with Gasteiger partial charge in [0, 0.05) is 24.6 Å². The zero-order chi connectivity index (χ0) is 17.8. The van der Waals surface area contributed by atoms with Crippen molar-refractivity contribution in [3.8, 4) is 0 Å². The van der Waals surface area contributed by atoms with Gasteiger partial charge < -0.3 is 20.4 Å². The molecule has 3 rings (SSSR count). The van der Waals surface area contributed by atoms with E-state index in [0.29, 0.717) is 24.5 Å². The fourth-order valence-corrected chi connectivity index (χ4v) is 3.81. The van der Waals surface area contributed by atoms with Crippen LogP contribution >= 0.6 is 24.0 Å². The highest BCUT2D eigenvalue weighted by Crippen LogP contribution is 2.29. The van der Waals surface area contributed by atoms with Gasteiger partial charge in [-0.25, -0.2) is 15.0 Å². The van der Waals surface area contributed by atoms with Gasteiger partial charge >= 0.3 is 6.09 Å². The number of nitrogens with two attached hydrogens (primary N) is 1. The molecule has 0 spiro atoms. The first kappa shape index (κ1) is 18.0. The zero-order valence-electron chi connectivity index (χ0n) is 13.5. The highest BCUT2D eigenvalue weighted by Gasteiger charge is 2.32. The van der Waals surface area contributed by atoms with Crippen LogP contribution in [0, 0.1) is 5.82 Å². The van der Waals surface area contributed by atoms with Crippen LogP contribution in [0.2, 0.25) is 0 Å². The van der Waals surface area contributed by atoms with E-state index in [9.17, 15) is 9.18 Å². The first-order valence-corrected chi connectivity index (χ1v) is 9.49. The number of carbonyl (C=O) groups excluding carboxylic acids is 1. The van der Waals surface area contributed by atoms with E-state index in [4.69, 9.17) is 22.8 Å². The molecule has 2 aliphatic rings. The largest absolute Gasteiger partial charge is 0.442 e. The average Bonchev–Trinajstić information content (AvgIpc) is 3.01. The lowest BCUT2D eigenvalue weighted by Gasteiger charge is -2.29. The number of hydrogen-bond donors (Lipinski definition) is 3. The van der Waals surface area contributed by atoms with E-state index in [1.54, 1.807) is 12.1 Å². The third-order valence-electron chi connectivity index (χ3n) is 4.09. The van der Waals surface area contributed by atoms with Crippen molar-refractivity contribution in [1.82, 2.24) is 10.7 Å². The van der Waals surface area contributed by atoms with Crippen LogP contribution in [-0.4, -0.2) is 55.0 Å². The van der Waals surface area contributed by atoms with Crippen LogP contribution in [0.1, 0.15) is 0 Å². The van der Waals surface area contributed by atoms with Crippen molar-refractivity contribution in [3.05, 3.63) is 24.0 Å². The molecule has 0 unspecified atom stereocenters. The summed E-state index contributed by atoms with van der Waals surface area (Å²) in [6.07, 6.45) is -0.888. The maximum Gasteiger partial charge on any atom is 0.414 e. The summed E-state index contributed by atoms with van der Waals surface area (Å²) in [6.45, 7) is 2.31. The van der Waals surface area contributed by atoms with E-state index in [0.717, 1.165) is 24.6 Å². The maximum atomic E-state index is 14.5. The SMILES string of the molecule is NNC(=S)NC[C@H]1CN(c2ccc(N3CCSCC3)c(F)c2)C(=O)O1. The lowest BCUT2D eigenvalue weighted by atomic mass is 10.2.